The van der Waals surface area contributed by atoms with Crippen LogP contribution in [0.25, 0.3) is 0 Å². The molecule has 1 fully saturated rings. The van der Waals surface area contributed by atoms with Crippen molar-refractivity contribution in [3.05, 3.63) is 0 Å². The Kier molecular flexibility index (Phi) is 6.52. The van der Waals surface area contributed by atoms with E-state index in [1.165, 1.54) is 0 Å². The van der Waals surface area contributed by atoms with Gasteiger partial charge in [0.05, 0.1) is 12.6 Å². The van der Waals surface area contributed by atoms with E-state index in [1.807, 2.05) is 0 Å². The van der Waals surface area contributed by atoms with Gasteiger partial charge in [0, 0.05) is 12.6 Å². The lowest BCUT2D eigenvalue weighted by Crippen LogP contribution is -2.46. The van der Waals surface area contributed by atoms with E-state index in [0.29, 0.717) is 18.6 Å². The number of hydrogen-bond donors (Lipinski definition) is 2. The van der Waals surface area contributed by atoms with E-state index >= 15 is 0 Å². The minimum absolute atomic E-state index is 0.0858. The summed E-state index contributed by atoms with van der Waals surface area (Å²) in [5.41, 5.74) is 0. The van der Waals surface area contributed by atoms with Crippen molar-refractivity contribution >= 4 is 5.91 Å². The summed E-state index contributed by atoms with van der Waals surface area (Å²) in [5, 5.41) is 5.94. The molecule has 1 aliphatic heterocycles. The van der Waals surface area contributed by atoms with Crippen molar-refractivity contribution in [2.75, 3.05) is 20.2 Å². The first-order valence-corrected chi connectivity index (χ1v) is 6.76. The summed E-state index contributed by atoms with van der Waals surface area (Å²) in [6, 6.07) is 0.287. The Hall–Kier alpha value is -0.610. The highest BCUT2D eigenvalue weighted by molar-refractivity contribution is 5.78. The molecule has 0 aromatic heterocycles. The summed E-state index contributed by atoms with van der Waals surface area (Å²) < 4.78 is 5.83. The standard InChI is InChI=1S/C13H26N2O2/c1-4-10(5-2)12-8-11(6-7-17-12)15-13(16)9-14-3/h10-12,14H,4-9H2,1-3H3,(H,15,16). The molecular formula is C13H26N2O2. The zero-order valence-corrected chi connectivity index (χ0v) is 11.3. The van der Waals surface area contributed by atoms with Crippen LogP contribution in [0.3, 0.4) is 0 Å². The van der Waals surface area contributed by atoms with Gasteiger partial charge in [-0.25, -0.2) is 0 Å². The summed E-state index contributed by atoms with van der Waals surface area (Å²) in [6.45, 7) is 5.58. The highest BCUT2D eigenvalue weighted by Crippen LogP contribution is 2.25. The van der Waals surface area contributed by atoms with Crippen molar-refractivity contribution in [1.29, 1.82) is 0 Å². The molecule has 0 aromatic rings. The lowest BCUT2D eigenvalue weighted by atomic mass is 9.89. The van der Waals surface area contributed by atoms with Crippen LogP contribution in [0.2, 0.25) is 0 Å². The van der Waals surface area contributed by atoms with Crippen molar-refractivity contribution in [1.82, 2.24) is 10.6 Å². The molecule has 4 nitrogen and oxygen atoms in total. The highest BCUT2D eigenvalue weighted by atomic mass is 16.5. The molecule has 0 radical (unpaired) electrons. The normalized spacial score (nSPS) is 24.9. The number of carbonyl (C=O) groups excluding carboxylic acids is 1. The van der Waals surface area contributed by atoms with Crippen LogP contribution in [0.4, 0.5) is 0 Å². The quantitative estimate of drug-likeness (QED) is 0.738. The summed E-state index contributed by atoms with van der Waals surface area (Å²) in [4.78, 5) is 11.5. The summed E-state index contributed by atoms with van der Waals surface area (Å²) in [7, 11) is 1.79. The molecule has 1 amide bonds. The predicted octanol–water partition coefficient (Wildman–Crippen LogP) is 1.31. The van der Waals surface area contributed by atoms with Crippen LogP contribution in [-0.4, -0.2) is 38.3 Å². The monoisotopic (exact) mass is 242 g/mol. The number of nitrogens with one attached hydrogen (secondary N) is 2. The third kappa shape index (κ3) is 4.64. The first kappa shape index (κ1) is 14.5. The largest absolute Gasteiger partial charge is 0.378 e. The SMILES string of the molecule is CCC(CC)C1CC(NC(=O)CNC)CCO1. The van der Waals surface area contributed by atoms with Gasteiger partial charge in [-0.05, 0) is 25.8 Å². The summed E-state index contributed by atoms with van der Waals surface area (Å²) in [6.07, 6.45) is 4.52. The molecule has 0 saturated carbocycles. The average molecular weight is 242 g/mol. The summed E-state index contributed by atoms with van der Waals surface area (Å²) in [5.74, 6) is 0.710. The van der Waals surface area contributed by atoms with Gasteiger partial charge in [0.15, 0.2) is 0 Å². The first-order valence-electron chi connectivity index (χ1n) is 6.76. The third-order valence-corrected chi connectivity index (χ3v) is 3.59. The minimum atomic E-state index is 0.0858. The van der Waals surface area contributed by atoms with Crippen molar-refractivity contribution in [2.24, 2.45) is 5.92 Å². The fraction of sp³-hybridized carbons (Fsp3) is 0.923. The van der Waals surface area contributed by atoms with Crippen LogP contribution in [-0.2, 0) is 9.53 Å². The van der Waals surface area contributed by atoms with Crippen LogP contribution in [0.5, 0.6) is 0 Å². The van der Waals surface area contributed by atoms with Gasteiger partial charge in [-0.1, -0.05) is 26.7 Å². The van der Waals surface area contributed by atoms with Crippen molar-refractivity contribution in [2.45, 2.75) is 51.7 Å². The second-order valence-electron chi connectivity index (χ2n) is 4.80. The Morgan fingerprint density at radius 3 is 2.71 bits per heavy atom. The number of hydrogen-bond acceptors (Lipinski definition) is 3. The van der Waals surface area contributed by atoms with Gasteiger partial charge in [-0.3, -0.25) is 4.79 Å². The molecule has 2 N–H and O–H groups in total. The lowest BCUT2D eigenvalue weighted by molar-refractivity contribution is -0.122. The van der Waals surface area contributed by atoms with E-state index in [4.69, 9.17) is 4.74 Å². The van der Waals surface area contributed by atoms with Crippen molar-refractivity contribution < 1.29 is 9.53 Å². The Morgan fingerprint density at radius 1 is 1.41 bits per heavy atom. The maximum absolute atomic E-state index is 11.5. The van der Waals surface area contributed by atoms with E-state index in [0.717, 1.165) is 32.3 Å². The molecular weight excluding hydrogens is 216 g/mol. The van der Waals surface area contributed by atoms with Crippen LogP contribution in [0.1, 0.15) is 39.5 Å². The van der Waals surface area contributed by atoms with Gasteiger partial charge in [-0.2, -0.15) is 0 Å². The first-order chi connectivity index (χ1) is 8.21. The fourth-order valence-corrected chi connectivity index (χ4v) is 2.54. The van der Waals surface area contributed by atoms with Gasteiger partial charge in [0.2, 0.25) is 5.91 Å². The molecule has 4 heteroatoms. The molecule has 0 aromatic carbocycles. The predicted molar refractivity (Wildman–Crippen MR) is 68.9 cm³/mol. The number of likely N-dealkylation sites (N-methyl/N-ethyl adjacent to an activating group) is 1. The van der Waals surface area contributed by atoms with Crippen LogP contribution in [0, 0.1) is 5.92 Å². The number of carbonyl (C=O) groups is 1. The topological polar surface area (TPSA) is 50.4 Å². The van der Waals surface area contributed by atoms with Gasteiger partial charge in [0.1, 0.15) is 0 Å². The van der Waals surface area contributed by atoms with Crippen LogP contribution in [0.15, 0.2) is 0 Å². The van der Waals surface area contributed by atoms with Gasteiger partial charge in [-0.15, -0.1) is 0 Å². The Bertz CT molecular complexity index is 229. The van der Waals surface area contributed by atoms with Gasteiger partial charge in [0.25, 0.3) is 0 Å². The Labute approximate surface area is 104 Å². The second kappa shape index (κ2) is 7.67. The lowest BCUT2D eigenvalue weighted by Gasteiger charge is -2.34. The molecule has 0 spiro atoms. The van der Waals surface area contributed by atoms with Gasteiger partial charge < -0.3 is 15.4 Å². The minimum Gasteiger partial charge on any atom is -0.378 e. The Balaban J connectivity index is 2.40. The number of rotatable bonds is 6. The van der Waals surface area contributed by atoms with Crippen molar-refractivity contribution in [3.8, 4) is 0 Å². The van der Waals surface area contributed by atoms with Crippen LogP contribution < -0.4 is 10.6 Å². The molecule has 1 heterocycles. The molecule has 17 heavy (non-hydrogen) atoms. The van der Waals surface area contributed by atoms with E-state index < -0.39 is 0 Å². The summed E-state index contributed by atoms with van der Waals surface area (Å²) >= 11 is 0. The maximum Gasteiger partial charge on any atom is 0.234 e. The van der Waals surface area contributed by atoms with Crippen LogP contribution >= 0.6 is 0 Å². The molecule has 2 atom stereocenters. The molecule has 1 saturated heterocycles. The van der Waals surface area contributed by atoms with E-state index in [2.05, 4.69) is 24.5 Å². The maximum atomic E-state index is 11.5. The molecule has 0 aliphatic carbocycles. The molecule has 0 bridgehead atoms. The van der Waals surface area contributed by atoms with E-state index in [1.54, 1.807) is 7.05 Å². The molecule has 2 unspecified atom stereocenters. The number of amides is 1. The van der Waals surface area contributed by atoms with Gasteiger partial charge >= 0.3 is 0 Å². The molecule has 100 valence electrons. The van der Waals surface area contributed by atoms with E-state index in [9.17, 15) is 4.79 Å². The average Bonchev–Trinajstić information content (AvgIpc) is 2.31. The number of ether oxygens (including phenoxy) is 1. The van der Waals surface area contributed by atoms with E-state index in [-0.39, 0.29) is 11.9 Å². The highest BCUT2D eigenvalue weighted by Gasteiger charge is 2.28. The zero-order chi connectivity index (χ0) is 12.7. The molecule has 1 aliphatic rings. The zero-order valence-electron chi connectivity index (χ0n) is 11.3. The third-order valence-electron chi connectivity index (χ3n) is 3.59. The van der Waals surface area contributed by atoms with Crippen molar-refractivity contribution in [3.63, 3.8) is 0 Å². The Morgan fingerprint density at radius 2 is 2.12 bits per heavy atom. The fourth-order valence-electron chi connectivity index (χ4n) is 2.54. The smallest absolute Gasteiger partial charge is 0.234 e. The second-order valence-corrected chi connectivity index (χ2v) is 4.80. The molecule has 1 rings (SSSR count).